The van der Waals surface area contributed by atoms with E-state index in [2.05, 4.69) is 17.1 Å². The van der Waals surface area contributed by atoms with Crippen LogP contribution in [-0.4, -0.2) is 13.4 Å². The number of nitrogens with zero attached hydrogens (tertiary/aromatic N) is 1. The average molecular weight is 301 g/mol. The van der Waals surface area contributed by atoms with E-state index < -0.39 is 10.0 Å². The van der Waals surface area contributed by atoms with E-state index in [0.29, 0.717) is 5.69 Å². The van der Waals surface area contributed by atoms with Crippen LogP contribution in [0.5, 0.6) is 0 Å². The molecule has 0 amide bonds. The standard InChI is InChI=1S/C9H7N.C6H8N2O2S/c1-2-4-9-7-10-6-5-8(9)3-1;7-5-2-1-3-6(4-5)11(8,9)10/h1-7H;1-4H,7H2,(H2,8,9,10). The molecule has 0 bridgehead atoms. The highest BCUT2D eigenvalue weighted by molar-refractivity contribution is 7.89. The normalized spacial score (nSPS) is 10.7. The van der Waals surface area contributed by atoms with E-state index in [1.54, 1.807) is 6.07 Å². The summed E-state index contributed by atoms with van der Waals surface area (Å²) in [6.07, 6.45) is 3.68. The third-order valence-corrected chi connectivity index (χ3v) is 3.65. The topological polar surface area (TPSA) is 99.1 Å². The lowest BCUT2D eigenvalue weighted by Crippen LogP contribution is -2.12. The fourth-order valence-electron chi connectivity index (χ4n) is 1.72. The molecule has 21 heavy (non-hydrogen) atoms. The van der Waals surface area contributed by atoms with Crippen molar-refractivity contribution in [2.24, 2.45) is 5.14 Å². The van der Waals surface area contributed by atoms with Gasteiger partial charge in [-0.2, -0.15) is 0 Å². The third-order valence-electron chi connectivity index (χ3n) is 2.74. The molecule has 1 heterocycles. The predicted molar refractivity (Wildman–Crippen MR) is 84.0 cm³/mol. The van der Waals surface area contributed by atoms with E-state index in [9.17, 15) is 8.42 Å². The molecule has 0 aliphatic heterocycles. The van der Waals surface area contributed by atoms with Gasteiger partial charge in [0, 0.05) is 18.1 Å². The van der Waals surface area contributed by atoms with Crippen LogP contribution in [0.1, 0.15) is 0 Å². The summed E-state index contributed by atoms with van der Waals surface area (Å²) in [5.74, 6) is 0. The van der Waals surface area contributed by atoms with Crippen LogP contribution in [0.2, 0.25) is 0 Å². The number of anilines is 1. The largest absolute Gasteiger partial charge is 0.399 e. The van der Waals surface area contributed by atoms with Crippen LogP contribution in [0.15, 0.2) is 71.9 Å². The van der Waals surface area contributed by atoms with Gasteiger partial charge in [0.05, 0.1) is 4.90 Å². The Morgan fingerprint density at radius 2 is 1.62 bits per heavy atom. The Morgan fingerprint density at radius 3 is 2.19 bits per heavy atom. The molecule has 0 saturated heterocycles. The van der Waals surface area contributed by atoms with Gasteiger partial charge in [-0.15, -0.1) is 0 Å². The van der Waals surface area contributed by atoms with Gasteiger partial charge in [-0.05, 0) is 35.0 Å². The fourth-order valence-corrected chi connectivity index (χ4v) is 2.29. The summed E-state index contributed by atoms with van der Waals surface area (Å²) >= 11 is 0. The number of aromatic nitrogens is 1. The van der Waals surface area contributed by atoms with Crippen molar-refractivity contribution in [2.75, 3.05) is 5.73 Å². The molecule has 2 aromatic carbocycles. The van der Waals surface area contributed by atoms with Crippen molar-refractivity contribution in [2.45, 2.75) is 4.90 Å². The van der Waals surface area contributed by atoms with Crippen LogP contribution in [0.25, 0.3) is 10.8 Å². The maximum absolute atomic E-state index is 10.7. The molecular weight excluding hydrogens is 286 g/mol. The number of fused-ring (bicyclic) bond motifs is 1. The van der Waals surface area contributed by atoms with Crippen molar-refractivity contribution in [1.82, 2.24) is 4.98 Å². The molecule has 4 N–H and O–H groups in total. The minimum atomic E-state index is -3.61. The lowest BCUT2D eigenvalue weighted by Gasteiger charge is -1.97. The zero-order chi connectivity index (χ0) is 15.3. The summed E-state index contributed by atoms with van der Waals surface area (Å²) in [5.41, 5.74) is 5.72. The number of primary sulfonamides is 1. The Kier molecular flexibility index (Phi) is 4.52. The van der Waals surface area contributed by atoms with Gasteiger partial charge in [-0.3, -0.25) is 4.98 Å². The van der Waals surface area contributed by atoms with Crippen LogP contribution < -0.4 is 10.9 Å². The minimum absolute atomic E-state index is 0.0394. The second kappa shape index (κ2) is 6.34. The SMILES string of the molecule is Nc1cccc(S(N)(=O)=O)c1.c1ccc2cnccc2c1. The highest BCUT2D eigenvalue weighted by atomic mass is 32.2. The lowest BCUT2D eigenvalue weighted by atomic mass is 10.2. The first-order valence-corrected chi connectivity index (χ1v) is 7.68. The van der Waals surface area contributed by atoms with E-state index in [1.165, 1.54) is 29.0 Å². The summed E-state index contributed by atoms with van der Waals surface area (Å²) in [6.45, 7) is 0. The van der Waals surface area contributed by atoms with Crippen molar-refractivity contribution >= 4 is 26.5 Å². The molecule has 3 aromatic rings. The summed E-state index contributed by atoms with van der Waals surface area (Å²) in [6, 6.07) is 16.0. The van der Waals surface area contributed by atoms with E-state index in [-0.39, 0.29) is 4.90 Å². The van der Waals surface area contributed by atoms with Crippen LogP contribution in [0.4, 0.5) is 5.69 Å². The quantitative estimate of drug-likeness (QED) is 0.673. The summed E-state index contributed by atoms with van der Waals surface area (Å²) in [7, 11) is -3.61. The molecule has 0 unspecified atom stereocenters. The Morgan fingerprint density at radius 1 is 0.905 bits per heavy atom. The summed E-state index contributed by atoms with van der Waals surface area (Å²) in [5, 5.41) is 7.29. The first kappa shape index (κ1) is 15.0. The molecule has 0 aliphatic rings. The number of benzene rings is 2. The smallest absolute Gasteiger partial charge is 0.238 e. The number of nitrogens with two attached hydrogens (primary N) is 2. The molecule has 108 valence electrons. The second-order valence-electron chi connectivity index (χ2n) is 4.34. The van der Waals surface area contributed by atoms with Crippen LogP contribution in [0, 0.1) is 0 Å². The third kappa shape index (κ3) is 4.27. The van der Waals surface area contributed by atoms with Gasteiger partial charge in [0.25, 0.3) is 0 Å². The molecule has 0 atom stereocenters. The lowest BCUT2D eigenvalue weighted by molar-refractivity contribution is 0.598. The van der Waals surface area contributed by atoms with Crippen molar-refractivity contribution < 1.29 is 8.42 Å². The maximum atomic E-state index is 10.7. The second-order valence-corrected chi connectivity index (χ2v) is 5.90. The zero-order valence-corrected chi connectivity index (χ0v) is 12.0. The Bertz CT molecular complexity index is 783. The molecule has 0 radical (unpaired) electrons. The molecule has 6 heteroatoms. The van der Waals surface area contributed by atoms with Gasteiger partial charge in [-0.1, -0.05) is 30.3 Å². The number of pyridine rings is 1. The van der Waals surface area contributed by atoms with Crippen molar-refractivity contribution in [3.8, 4) is 0 Å². The molecule has 0 aliphatic carbocycles. The van der Waals surface area contributed by atoms with E-state index in [4.69, 9.17) is 10.9 Å². The zero-order valence-electron chi connectivity index (χ0n) is 11.2. The average Bonchev–Trinajstić information content (AvgIpc) is 2.47. The Balaban J connectivity index is 0.000000154. The van der Waals surface area contributed by atoms with E-state index in [1.807, 2.05) is 30.6 Å². The molecule has 1 aromatic heterocycles. The van der Waals surface area contributed by atoms with E-state index >= 15 is 0 Å². The number of rotatable bonds is 1. The molecule has 0 fully saturated rings. The maximum Gasteiger partial charge on any atom is 0.238 e. The molecule has 0 saturated carbocycles. The van der Waals surface area contributed by atoms with Gasteiger partial charge >= 0.3 is 0 Å². The first-order chi connectivity index (χ1) is 9.97. The number of hydrogen-bond acceptors (Lipinski definition) is 4. The first-order valence-electron chi connectivity index (χ1n) is 6.14. The van der Waals surface area contributed by atoms with Gasteiger partial charge in [0.15, 0.2) is 0 Å². The number of hydrogen-bond donors (Lipinski definition) is 2. The van der Waals surface area contributed by atoms with Gasteiger partial charge in [0.2, 0.25) is 10.0 Å². The Hall–Kier alpha value is -2.44. The van der Waals surface area contributed by atoms with Gasteiger partial charge in [0.1, 0.15) is 0 Å². The predicted octanol–water partition coefficient (Wildman–Crippen LogP) is 2.15. The highest BCUT2D eigenvalue weighted by Gasteiger charge is 2.05. The fraction of sp³-hybridized carbons (Fsp3) is 0. The van der Waals surface area contributed by atoms with Crippen LogP contribution in [0.3, 0.4) is 0 Å². The van der Waals surface area contributed by atoms with Crippen molar-refractivity contribution in [3.63, 3.8) is 0 Å². The summed E-state index contributed by atoms with van der Waals surface area (Å²) in [4.78, 5) is 4.05. The highest BCUT2D eigenvalue weighted by Crippen LogP contribution is 2.10. The molecule has 3 rings (SSSR count). The monoisotopic (exact) mass is 301 g/mol. The molecular formula is C15H15N3O2S. The molecule has 0 spiro atoms. The van der Waals surface area contributed by atoms with E-state index in [0.717, 1.165) is 0 Å². The minimum Gasteiger partial charge on any atom is -0.399 e. The Labute approximate surface area is 123 Å². The number of sulfonamides is 1. The van der Waals surface area contributed by atoms with Gasteiger partial charge < -0.3 is 5.73 Å². The van der Waals surface area contributed by atoms with Crippen molar-refractivity contribution in [1.29, 1.82) is 0 Å². The number of nitrogen functional groups attached to an aromatic ring is 1. The molecule has 5 nitrogen and oxygen atoms in total. The van der Waals surface area contributed by atoms with Crippen LogP contribution in [-0.2, 0) is 10.0 Å². The van der Waals surface area contributed by atoms with Crippen LogP contribution >= 0.6 is 0 Å². The van der Waals surface area contributed by atoms with Crippen molar-refractivity contribution in [3.05, 3.63) is 67.0 Å². The summed E-state index contributed by atoms with van der Waals surface area (Å²) < 4.78 is 21.4. The van der Waals surface area contributed by atoms with Gasteiger partial charge in [-0.25, -0.2) is 13.6 Å².